The van der Waals surface area contributed by atoms with Crippen LogP contribution in [0.2, 0.25) is 0 Å². The van der Waals surface area contributed by atoms with Crippen molar-refractivity contribution in [3.8, 4) is 0 Å². The highest BCUT2D eigenvalue weighted by Crippen LogP contribution is 2.41. The largest absolute Gasteiger partial charge is 0.311 e. The molecular weight excluding hydrogens is 206 g/mol. The molecule has 0 aliphatic heterocycles. The molecule has 1 fully saturated rings. The Morgan fingerprint density at radius 3 is 2.35 bits per heavy atom. The van der Waals surface area contributed by atoms with Gasteiger partial charge >= 0.3 is 0 Å². The van der Waals surface area contributed by atoms with E-state index < -0.39 is 0 Å². The van der Waals surface area contributed by atoms with Crippen LogP contribution >= 0.6 is 0 Å². The summed E-state index contributed by atoms with van der Waals surface area (Å²) < 4.78 is 0. The van der Waals surface area contributed by atoms with Gasteiger partial charge in [0, 0.05) is 18.0 Å². The van der Waals surface area contributed by atoms with Crippen LogP contribution in [0.1, 0.15) is 57.4 Å². The summed E-state index contributed by atoms with van der Waals surface area (Å²) in [5.74, 6) is 0.771. The van der Waals surface area contributed by atoms with E-state index in [9.17, 15) is 0 Å². The minimum absolute atomic E-state index is 0.737. The Labute approximate surface area is 106 Å². The van der Waals surface area contributed by atoms with Gasteiger partial charge in [0.05, 0.1) is 0 Å². The second-order valence-electron chi connectivity index (χ2n) is 5.30. The van der Waals surface area contributed by atoms with Gasteiger partial charge in [-0.15, -0.1) is 0 Å². The Bertz CT molecular complexity index is 314. The molecule has 1 heteroatoms. The lowest BCUT2D eigenvalue weighted by Gasteiger charge is -2.17. The number of nitrogens with one attached hydrogen (secondary N) is 1. The summed E-state index contributed by atoms with van der Waals surface area (Å²) in [5.41, 5.74) is 1.51. The molecule has 94 valence electrons. The molecule has 0 heterocycles. The minimum Gasteiger partial charge on any atom is -0.311 e. The Morgan fingerprint density at radius 2 is 1.76 bits per heavy atom. The van der Waals surface area contributed by atoms with Gasteiger partial charge in [0.2, 0.25) is 0 Å². The molecule has 0 aromatic heterocycles. The molecule has 0 saturated heterocycles. The molecule has 0 bridgehead atoms. The SMILES string of the molecule is CCCC(CCC)NC1CC1c1ccccc1. The Balaban J connectivity index is 1.82. The van der Waals surface area contributed by atoms with Crippen LogP contribution < -0.4 is 5.32 Å². The highest BCUT2D eigenvalue weighted by molar-refractivity contribution is 5.27. The third kappa shape index (κ3) is 3.57. The zero-order valence-electron chi connectivity index (χ0n) is 11.2. The van der Waals surface area contributed by atoms with E-state index in [1.165, 1.54) is 37.7 Å². The maximum absolute atomic E-state index is 3.84. The number of hydrogen-bond donors (Lipinski definition) is 1. The van der Waals surface area contributed by atoms with E-state index in [4.69, 9.17) is 0 Å². The van der Waals surface area contributed by atoms with Gasteiger partial charge in [-0.05, 0) is 24.8 Å². The Kier molecular flexibility index (Phi) is 4.61. The lowest BCUT2D eigenvalue weighted by molar-refractivity contribution is 0.438. The smallest absolute Gasteiger partial charge is 0.0145 e. The average Bonchev–Trinajstić information content (AvgIpc) is 3.10. The van der Waals surface area contributed by atoms with Crippen LogP contribution in [-0.2, 0) is 0 Å². The van der Waals surface area contributed by atoms with Gasteiger partial charge in [-0.3, -0.25) is 0 Å². The fourth-order valence-electron chi connectivity index (χ4n) is 2.76. The maximum atomic E-state index is 3.84. The summed E-state index contributed by atoms with van der Waals surface area (Å²) >= 11 is 0. The zero-order valence-corrected chi connectivity index (χ0v) is 11.2. The maximum Gasteiger partial charge on any atom is 0.0145 e. The van der Waals surface area contributed by atoms with Crippen LogP contribution in [0.5, 0.6) is 0 Å². The number of rotatable bonds is 7. The van der Waals surface area contributed by atoms with E-state index in [1.54, 1.807) is 0 Å². The van der Waals surface area contributed by atoms with Gasteiger partial charge in [0.15, 0.2) is 0 Å². The first-order valence-electron chi connectivity index (χ1n) is 7.16. The lowest BCUT2D eigenvalue weighted by Crippen LogP contribution is -2.31. The molecule has 1 aromatic rings. The minimum atomic E-state index is 0.737. The fraction of sp³-hybridized carbons (Fsp3) is 0.625. The molecule has 17 heavy (non-hydrogen) atoms. The first-order chi connectivity index (χ1) is 8.35. The third-order valence-electron chi connectivity index (χ3n) is 3.74. The third-order valence-corrected chi connectivity index (χ3v) is 3.74. The van der Waals surface area contributed by atoms with Crippen LogP contribution in [0.15, 0.2) is 30.3 Å². The summed E-state index contributed by atoms with van der Waals surface area (Å²) in [4.78, 5) is 0. The van der Waals surface area contributed by atoms with Gasteiger partial charge in [-0.25, -0.2) is 0 Å². The van der Waals surface area contributed by atoms with E-state index in [1.807, 2.05) is 0 Å². The van der Waals surface area contributed by atoms with E-state index in [0.29, 0.717) is 0 Å². The van der Waals surface area contributed by atoms with Crippen molar-refractivity contribution in [1.29, 1.82) is 0 Å². The molecule has 1 saturated carbocycles. The predicted molar refractivity (Wildman–Crippen MR) is 74.3 cm³/mol. The molecule has 0 spiro atoms. The van der Waals surface area contributed by atoms with Crippen LogP contribution in [-0.4, -0.2) is 12.1 Å². The Hall–Kier alpha value is -0.820. The quantitative estimate of drug-likeness (QED) is 0.745. The van der Waals surface area contributed by atoms with E-state index in [2.05, 4.69) is 49.5 Å². The van der Waals surface area contributed by atoms with Crippen molar-refractivity contribution in [3.05, 3.63) is 35.9 Å². The summed E-state index contributed by atoms with van der Waals surface area (Å²) in [6.07, 6.45) is 6.56. The van der Waals surface area contributed by atoms with Crippen molar-refractivity contribution >= 4 is 0 Å². The van der Waals surface area contributed by atoms with Crippen molar-refractivity contribution in [2.45, 2.75) is 64.0 Å². The molecular formula is C16H25N. The van der Waals surface area contributed by atoms with Gasteiger partial charge in [0.1, 0.15) is 0 Å². The first kappa shape index (κ1) is 12.6. The standard InChI is InChI=1S/C16H25N/c1-3-8-14(9-4-2)17-16-12-15(16)13-10-6-5-7-11-13/h5-7,10-11,14-17H,3-4,8-9,12H2,1-2H3. The van der Waals surface area contributed by atoms with Crippen LogP contribution in [0.3, 0.4) is 0 Å². The second-order valence-corrected chi connectivity index (χ2v) is 5.30. The van der Waals surface area contributed by atoms with Gasteiger partial charge in [-0.1, -0.05) is 57.0 Å². The fourth-order valence-corrected chi connectivity index (χ4v) is 2.76. The zero-order chi connectivity index (χ0) is 12.1. The molecule has 0 radical (unpaired) electrons. The van der Waals surface area contributed by atoms with E-state index >= 15 is 0 Å². The highest BCUT2D eigenvalue weighted by Gasteiger charge is 2.38. The van der Waals surface area contributed by atoms with Crippen molar-refractivity contribution in [1.82, 2.24) is 5.32 Å². The average molecular weight is 231 g/mol. The van der Waals surface area contributed by atoms with Crippen molar-refractivity contribution in [2.24, 2.45) is 0 Å². The summed E-state index contributed by atoms with van der Waals surface area (Å²) in [5, 5.41) is 3.84. The van der Waals surface area contributed by atoms with E-state index in [0.717, 1.165) is 18.0 Å². The molecule has 2 atom stereocenters. The van der Waals surface area contributed by atoms with Gasteiger partial charge in [0.25, 0.3) is 0 Å². The van der Waals surface area contributed by atoms with Crippen LogP contribution in [0.25, 0.3) is 0 Å². The molecule has 1 N–H and O–H groups in total. The summed E-state index contributed by atoms with van der Waals surface area (Å²) in [6, 6.07) is 12.4. The predicted octanol–water partition coefficient (Wildman–Crippen LogP) is 4.10. The van der Waals surface area contributed by atoms with Crippen molar-refractivity contribution in [2.75, 3.05) is 0 Å². The molecule has 1 aliphatic carbocycles. The molecule has 2 rings (SSSR count). The monoisotopic (exact) mass is 231 g/mol. The van der Waals surface area contributed by atoms with Gasteiger partial charge in [-0.2, -0.15) is 0 Å². The molecule has 1 nitrogen and oxygen atoms in total. The first-order valence-corrected chi connectivity index (χ1v) is 7.16. The van der Waals surface area contributed by atoms with Crippen molar-refractivity contribution in [3.63, 3.8) is 0 Å². The Morgan fingerprint density at radius 1 is 1.12 bits per heavy atom. The van der Waals surface area contributed by atoms with Crippen LogP contribution in [0.4, 0.5) is 0 Å². The number of benzene rings is 1. The highest BCUT2D eigenvalue weighted by atomic mass is 15.0. The van der Waals surface area contributed by atoms with Crippen LogP contribution in [0, 0.1) is 0 Å². The topological polar surface area (TPSA) is 12.0 Å². The van der Waals surface area contributed by atoms with E-state index in [-0.39, 0.29) is 0 Å². The molecule has 1 aromatic carbocycles. The molecule has 1 aliphatic rings. The number of hydrogen-bond acceptors (Lipinski definition) is 1. The van der Waals surface area contributed by atoms with Gasteiger partial charge < -0.3 is 5.32 Å². The van der Waals surface area contributed by atoms with Crippen molar-refractivity contribution < 1.29 is 0 Å². The second kappa shape index (κ2) is 6.20. The molecule has 2 unspecified atom stereocenters. The summed E-state index contributed by atoms with van der Waals surface area (Å²) in [7, 11) is 0. The normalized spacial score (nSPS) is 23.0. The summed E-state index contributed by atoms with van der Waals surface area (Å²) in [6.45, 7) is 4.57. The lowest BCUT2D eigenvalue weighted by atomic mass is 10.1. The molecule has 0 amide bonds.